The molecule has 0 aliphatic rings. The molecule has 0 aliphatic heterocycles. The van der Waals surface area contributed by atoms with Crippen LogP contribution in [0.25, 0.3) is 0 Å². The molecule has 0 radical (unpaired) electrons. The second-order valence-electron chi connectivity index (χ2n) is 0. The number of aliphatic hydroxyl groups is 1. The van der Waals surface area contributed by atoms with Gasteiger partial charge in [0.25, 0.3) is 0 Å². The zero-order valence-electron chi connectivity index (χ0n) is 2.56. The van der Waals surface area contributed by atoms with Crippen molar-refractivity contribution in [3.63, 3.8) is 0 Å². The Hall–Kier alpha value is 0.873. The average molecular weight is 134 g/mol. The van der Waals surface area contributed by atoms with E-state index in [0.717, 1.165) is 7.11 Å². The Morgan fingerprint density at radius 1 is 1.25 bits per heavy atom. The van der Waals surface area contributed by atoms with Gasteiger partial charge in [-0.05, 0) is 0 Å². The minimum absolute atomic E-state index is 0. The Labute approximate surface area is 44.6 Å². The maximum Gasteiger partial charge on any atom is 0.0319 e. The maximum absolute atomic E-state index is 7.00. The number of halogens is 1. The standard InChI is InChI=1S/CH4O.ClH.Zn/c1-2;;/h2H,1H3;1H;. The van der Waals surface area contributed by atoms with Crippen LogP contribution in [0.1, 0.15) is 0 Å². The van der Waals surface area contributed by atoms with Crippen LogP contribution in [0.4, 0.5) is 0 Å². The normalized spacial score (nSPS) is 1.50. The van der Waals surface area contributed by atoms with Crippen molar-refractivity contribution >= 4 is 12.4 Å². The predicted molar refractivity (Wildman–Crippen MR) is 15.4 cm³/mol. The van der Waals surface area contributed by atoms with Crippen molar-refractivity contribution in [2.75, 3.05) is 7.11 Å². The van der Waals surface area contributed by atoms with E-state index in [-0.39, 0.29) is 31.9 Å². The van der Waals surface area contributed by atoms with Crippen molar-refractivity contribution in [2.45, 2.75) is 0 Å². The predicted octanol–water partition coefficient (Wildman–Crippen LogP) is 0.0278. The molecule has 1 nitrogen and oxygen atoms in total. The first kappa shape index (κ1) is 20.8. The van der Waals surface area contributed by atoms with E-state index in [2.05, 4.69) is 0 Å². The van der Waals surface area contributed by atoms with Crippen LogP contribution in [-0.2, 0) is 19.5 Å². The molecule has 0 aliphatic carbocycles. The Balaban J connectivity index is -0.00000000500. The first-order chi connectivity index (χ1) is 1.00. The number of rotatable bonds is 0. The van der Waals surface area contributed by atoms with Gasteiger partial charge in [0, 0.05) is 26.6 Å². The van der Waals surface area contributed by atoms with Gasteiger partial charge < -0.3 is 5.11 Å². The SMILES string of the molecule is CO.Cl.[Zn]. The third-order valence-electron chi connectivity index (χ3n) is 0. The topological polar surface area (TPSA) is 20.2 Å². The maximum atomic E-state index is 7.00. The zero-order chi connectivity index (χ0) is 2.00. The van der Waals surface area contributed by atoms with Gasteiger partial charge in [0.2, 0.25) is 0 Å². The molecule has 0 amide bonds. The second kappa shape index (κ2) is 41.9. The van der Waals surface area contributed by atoms with E-state index in [1.165, 1.54) is 0 Å². The Kier molecular flexibility index (Phi) is 218. The molecule has 0 fully saturated rings. The van der Waals surface area contributed by atoms with Crippen molar-refractivity contribution < 1.29 is 24.6 Å². The molecule has 0 unspecified atom stereocenters. The van der Waals surface area contributed by atoms with Crippen LogP contribution < -0.4 is 0 Å². The van der Waals surface area contributed by atoms with E-state index in [1.807, 2.05) is 0 Å². The van der Waals surface area contributed by atoms with Crippen LogP contribution in [-0.4, -0.2) is 12.2 Å². The number of hydrogen-bond donors (Lipinski definition) is 1. The molecule has 0 aromatic carbocycles. The first-order valence-corrected chi connectivity index (χ1v) is 0.447. The van der Waals surface area contributed by atoms with E-state index < -0.39 is 0 Å². The Morgan fingerprint density at radius 3 is 1.25 bits per heavy atom. The van der Waals surface area contributed by atoms with Gasteiger partial charge in [-0.15, -0.1) is 12.4 Å². The van der Waals surface area contributed by atoms with E-state index in [0.29, 0.717) is 0 Å². The van der Waals surface area contributed by atoms with Gasteiger partial charge in [-0.3, -0.25) is 0 Å². The summed E-state index contributed by atoms with van der Waals surface area (Å²) in [6.45, 7) is 0. The van der Waals surface area contributed by atoms with Gasteiger partial charge in [-0.1, -0.05) is 0 Å². The van der Waals surface area contributed by atoms with Crippen molar-refractivity contribution in [1.29, 1.82) is 0 Å². The van der Waals surface area contributed by atoms with Crippen LogP contribution in [0.3, 0.4) is 0 Å². The summed E-state index contributed by atoms with van der Waals surface area (Å²) in [6, 6.07) is 0. The van der Waals surface area contributed by atoms with E-state index in [4.69, 9.17) is 5.11 Å². The first-order valence-electron chi connectivity index (χ1n) is 0.447. The molecule has 0 aromatic rings. The van der Waals surface area contributed by atoms with Crippen molar-refractivity contribution in [2.24, 2.45) is 0 Å². The van der Waals surface area contributed by atoms with Gasteiger partial charge in [-0.25, -0.2) is 0 Å². The molecule has 0 atom stereocenters. The van der Waals surface area contributed by atoms with Crippen molar-refractivity contribution in [3.05, 3.63) is 0 Å². The molecule has 0 bridgehead atoms. The van der Waals surface area contributed by atoms with Crippen molar-refractivity contribution in [1.82, 2.24) is 0 Å². The third kappa shape index (κ3) is 13.2. The summed E-state index contributed by atoms with van der Waals surface area (Å²) in [4.78, 5) is 0. The summed E-state index contributed by atoms with van der Waals surface area (Å²) in [7, 11) is 1.00. The Morgan fingerprint density at radius 2 is 1.25 bits per heavy atom. The zero-order valence-corrected chi connectivity index (χ0v) is 6.35. The number of aliphatic hydroxyl groups excluding tert-OH is 1. The summed E-state index contributed by atoms with van der Waals surface area (Å²) >= 11 is 0. The largest absolute Gasteiger partial charge is 0.400 e. The van der Waals surface area contributed by atoms with Gasteiger partial charge in [0.1, 0.15) is 0 Å². The molecule has 0 spiro atoms. The molecule has 4 heavy (non-hydrogen) atoms. The van der Waals surface area contributed by atoms with Gasteiger partial charge in [-0.2, -0.15) is 0 Å². The monoisotopic (exact) mass is 132 g/mol. The van der Waals surface area contributed by atoms with Crippen LogP contribution >= 0.6 is 12.4 Å². The summed E-state index contributed by atoms with van der Waals surface area (Å²) in [5.41, 5.74) is 0. The van der Waals surface area contributed by atoms with Gasteiger partial charge in [0.05, 0.1) is 0 Å². The van der Waals surface area contributed by atoms with E-state index in [1.54, 1.807) is 0 Å². The summed E-state index contributed by atoms with van der Waals surface area (Å²) in [6.07, 6.45) is 0. The minimum Gasteiger partial charge on any atom is -0.400 e. The van der Waals surface area contributed by atoms with E-state index in [9.17, 15) is 0 Å². The molecule has 0 rings (SSSR count). The van der Waals surface area contributed by atoms with Gasteiger partial charge >= 0.3 is 0 Å². The van der Waals surface area contributed by atoms with Crippen LogP contribution in [0.15, 0.2) is 0 Å². The molecular weight excluding hydrogens is 129 g/mol. The van der Waals surface area contributed by atoms with Crippen molar-refractivity contribution in [3.8, 4) is 0 Å². The smallest absolute Gasteiger partial charge is 0.0319 e. The molecular formula is CH5ClOZn. The minimum atomic E-state index is 0. The van der Waals surface area contributed by atoms with Crippen LogP contribution in [0.5, 0.6) is 0 Å². The summed E-state index contributed by atoms with van der Waals surface area (Å²) in [5, 5.41) is 7.00. The molecule has 0 aromatic heterocycles. The second-order valence-corrected chi connectivity index (χ2v) is 0. The van der Waals surface area contributed by atoms with E-state index >= 15 is 0 Å². The number of hydrogen-bond acceptors (Lipinski definition) is 1. The molecule has 3 heteroatoms. The summed E-state index contributed by atoms with van der Waals surface area (Å²) < 4.78 is 0. The molecule has 0 heterocycles. The quantitative estimate of drug-likeness (QED) is 0.463. The fourth-order valence-electron chi connectivity index (χ4n) is 0. The average Bonchev–Trinajstić information content (AvgIpc) is 1.00. The summed E-state index contributed by atoms with van der Waals surface area (Å²) in [5.74, 6) is 0. The van der Waals surface area contributed by atoms with Gasteiger partial charge in [0.15, 0.2) is 0 Å². The Bertz CT molecular complexity index is 8.00. The fourth-order valence-corrected chi connectivity index (χ4v) is 0. The van der Waals surface area contributed by atoms with Crippen LogP contribution in [0.2, 0.25) is 0 Å². The third-order valence-corrected chi connectivity index (χ3v) is 0. The van der Waals surface area contributed by atoms with Crippen LogP contribution in [0, 0.1) is 0 Å². The molecule has 0 saturated carbocycles. The molecule has 0 saturated heterocycles. The molecule has 1 N–H and O–H groups in total. The fraction of sp³-hybridized carbons (Fsp3) is 1.00. The molecule has 24 valence electrons.